The molecular weight excluding hydrogens is 240 g/mol. The second kappa shape index (κ2) is 7.14. The number of rotatable bonds is 5. The summed E-state index contributed by atoms with van der Waals surface area (Å²) in [6.07, 6.45) is 3.23. The first-order valence-electron chi connectivity index (χ1n) is 7.02. The van der Waals surface area contributed by atoms with Gasteiger partial charge >= 0.3 is 0 Å². The Morgan fingerprint density at radius 3 is 3.11 bits per heavy atom. The third-order valence-electron chi connectivity index (χ3n) is 3.30. The summed E-state index contributed by atoms with van der Waals surface area (Å²) in [6.45, 7) is 4.11. The SMILES string of the molecule is CCOc1cccc(CNC(=O)C2CCCCN2)c1. The molecule has 1 heterocycles. The minimum Gasteiger partial charge on any atom is -0.494 e. The van der Waals surface area contributed by atoms with Gasteiger partial charge in [-0.3, -0.25) is 4.79 Å². The summed E-state index contributed by atoms with van der Waals surface area (Å²) in [7, 11) is 0. The molecule has 1 amide bonds. The molecule has 0 spiro atoms. The molecular formula is C15H22N2O2. The van der Waals surface area contributed by atoms with Crippen molar-refractivity contribution >= 4 is 5.91 Å². The maximum atomic E-state index is 12.0. The van der Waals surface area contributed by atoms with Crippen molar-refractivity contribution in [3.05, 3.63) is 29.8 Å². The van der Waals surface area contributed by atoms with Crippen LogP contribution in [-0.2, 0) is 11.3 Å². The molecule has 4 heteroatoms. The van der Waals surface area contributed by atoms with Crippen molar-refractivity contribution in [3.63, 3.8) is 0 Å². The summed E-state index contributed by atoms with van der Waals surface area (Å²) in [5, 5.41) is 6.23. The molecule has 19 heavy (non-hydrogen) atoms. The fourth-order valence-corrected chi connectivity index (χ4v) is 2.30. The highest BCUT2D eigenvalue weighted by Gasteiger charge is 2.19. The molecule has 0 aromatic heterocycles. The van der Waals surface area contributed by atoms with Gasteiger partial charge in [0.05, 0.1) is 12.6 Å². The number of hydrogen-bond acceptors (Lipinski definition) is 3. The number of hydrogen-bond donors (Lipinski definition) is 2. The molecule has 2 N–H and O–H groups in total. The summed E-state index contributed by atoms with van der Waals surface area (Å²) in [4.78, 5) is 12.0. The molecule has 1 aliphatic rings. The third kappa shape index (κ3) is 4.24. The van der Waals surface area contributed by atoms with Crippen molar-refractivity contribution in [2.24, 2.45) is 0 Å². The Bertz CT molecular complexity index is 414. The number of amides is 1. The van der Waals surface area contributed by atoms with Crippen LogP contribution in [0.3, 0.4) is 0 Å². The number of piperidine rings is 1. The van der Waals surface area contributed by atoms with Gasteiger partial charge in [0, 0.05) is 6.54 Å². The topological polar surface area (TPSA) is 50.4 Å². The van der Waals surface area contributed by atoms with Crippen LogP contribution in [0.5, 0.6) is 5.75 Å². The van der Waals surface area contributed by atoms with E-state index in [1.165, 1.54) is 6.42 Å². The van der Waals surface area contributed by atoms with Crippen molar-refractivity contribution in [2.45, 2.75) is 38.8 Å². The van der Waals surface area contributed by atoms with E-state index >= 15 is 0 Å². The smallest absolute Gasteiger partial charge is 0.237 e. The van der Waals surface area contributed by atoms with Crippen molar-refractivity contribution < 1.29 is 9.53 Å². The number of nitrogens with one attached hydrogen (secondary N) is 2. The Balaban J connectivity index is 1.83. The Hall–Kier alpha value is -1.55. The molecule has 0 aliphatic carbocycles. The summed E-state index contributed by atoms with van der Waals surface area (Å²) in [5.41, 5.74) is 1.06. The van der Waals surface area contributed by atoms with Gasteiger partial charge in [0.15, 0.2) is 0 Å². The monoisotopic (exact) mass is 262 g/mol. The first-order valence-corrected chi connectivity index (χ1v) is 7.02. The zero-order valence-corrected chi connectivity index (χ0v) is 11.4. The van der Waals surface area contributed by atoms with Crippen molar-refractivity contribution in [3.8, 4) is 5.75 Å². The molecule has 0 saturated carbocycles. The van der Waals surface area contributed by atoms with Gasteiger partial charge in [-0.15, -0.1) is 0 Å². The molecule has 1 saturated heterocycles. The van der Waals surface area contributed by atoms with E-state index in [1.54, 1.807) is 0 Å². The standard InChI is InChI=1S/C15H22N2O2/c1-2-19-13-7-5-6-12(10-13)11-17-15(18)14-8-3-4-9-16-14/h5-7,10,14,16H,2-4,8-9,11H2,1H3,(H,17,18). The molecule has 104 valence electrons. The second-order valence-electron chi connectivity index (χ2n) is 4.80. The van der Waals surface area contributed by atoms with Crippen LogP contribution in [-0.4, -0.2) is 25.1 Å². The molecule has 0 bridgehead atoms. The minimum absolute atomic E-state index is 0.0242. The van der Waals surface area contributed by atoms with Gasteiger partial charge < -0.3 is 15.4 Å². The van der Waals surface area contributed by atoms with Crippen LogP contribution in [0.25, 0.3) is 0 Å². The summed E-state index contributed by atoms with van der Waals surface area (Å²) in [6, 6.07) is 7.82. The quantitative estimate of drug-likeness (QED) is 0.851. The van der Waals surface area contributed by atoms with E-state index in [-0.39, 0.29) is 11.9 Å². The van der Waals surface area contributed by atoms with Crippen LogP contribution in [0.1, 0.15) is 31.7 Å². The normalized spacial score (nSPS) is 18.9. The maximum Gasteiger partial charge on any atom is 0.237 e. The lowest BCUT2D eigenvalue weighted by Gasteiger charge is -2.22. The van der Waals surface area contributed by atoms with Gasteiger partial charge in [0.25, 0.3) is 0 Å². The van der Waals surface area contributed by atoms with Crippen LogP contribution >= 0.6 is 0 Å². The highest BCUT2D eigenvalue weighted by atomic mass is 16.5. The van der Waals surface area contributed by atoms with Crippen LogP contribution < -0.4 is 15.4 Å². The van der Waals surface area contributed by atoms with Crippen molar-refractivity contribution in [1.82, 2.24) is 10.6 Å². The van der Waals surface area contributed by atoms with Gasteiger partial charge in [-0.25, -0.2) is 0 Å². The zero-order valence-electron chi connectivity index (χ0n) is 11.4. The lowest BCUT2D eigenvalue weighted by molar-refractivity contribution is -0.123. The number of benzene rings is 1. The van der Waals surface area contributed by atoms with Crippen LogP contribution in [0.15, 0.2) is 24.3 Å². The van der Waals surface area contributed by atoms with Gasteiger partial charge in [0.1, 0.15) is 5.75 Å². The molecule has 2 rings (SSSR count). The molecule has 1 unspecified atom stereocenters. The molecule has 0 radical (unpaired) electrons. The fraction of sp³-hybridized carbons (Fsp3) is 0.533. The summed E-state index contributed by atoms with van der Waals surface area (Å²) < 4.78 is 5.44. The van der Waals surface area contributed by atoms with Crippen LogP contribution in [0.2, 0.25) is 0 Å². The highest BCUT2D eigenvalue weighted by molar-refractivity contribution is 5.81. The van der Waals surface area contributed by atoms with Crippen LogP contribution in [0.4, 0.5) is 0 Å². The maximum absolute atomic E-state index is 12.0. The average Bonchev–Trinajstić information content (AvgIpc) is 2.46. The summed E-state index contributed by atoms with van der Waals surface area (Å²) >= 11 is 0. The number of ether oxygens (including phenoxy) is 1. The Kier molecular flexibility index (Phi) is 5.21. The third-order valence-corrected chi connectivity index (χ3v) is 3.30. The second-order valence-corrected chi connectivity index (χ2v) is 4.80. The fourth-order valence-electron chi connectivity index (χ4n) is 2.30. The van der Waals surface area contributed by atoms with E-state index in [9.17, 15) is 4.79 Å². The lowest BCUT2D eigenvalue weighted by Crippen LogP contribution is -2.46. The van der Waals surface area contributed by atoms with Gasteiger partial charge in [-0.05, 0) is 44.0 Å². The van der Waals surface area contributed by atoms with Gasteiger partial charge in [-0.1, -0.05) is 18.6 Å². The average molecular weight is 262 g/mol. The zero-order chi connectivity index (χ0) is 13.5. The molecule has 1 fully saturated rings. The van der Waals surface area contributed by atoms with Gasteiger partial charge in [-0.2, -0.15) is 0 Å². The Morgan fingerprint density at radius 1 is 1.47 bits per heavy atom. The molecule has 1 aromatic rings. The van der Waals surface area contributed by atoms with Crippen molar-refractivity contribution in [1.29, 1.82) is 0 Å². The first-order chi connectivity index (χ1) is 9.29. The first kappa shape index (κ1) is 13.9. The molecule has 1 atom stereocenters. The van der Waals surface area contributed by atoms with Gasteiger partial charge in [0.2, 0.25) is 5.91 Å². The lowest BCUT2D eigenvalue weighted by atomic mass is 10.0. The van der Waals surface area contributed by atoms with E-state index in [4.69, 9.17) is 4.74 Å². The van der Waals surface area contributed by atoms with E-state index in [2.05, 4.69) is 10.6 Å². The largest absolute Gasteiger partial charge is 0.494 e. The number of carbonyl (C=O) groups is 1. The summed E-state index contributed by atoms with van der Waals surface area (Å²) in [5.74, 6) is 0.951. The van der Waals surface area contributed by atoms with Crippen molar-refractivity contribution in [2.75, 3.05) is 13.2 Å². The Morgan fingerprint density at radius 2 is 2.37 bits per heavy atom. The minimum atomic E-state index is -0.0242. The predicted molar refractivity (Wildman–Crippen MR) is 75.1 cm³/mol. The van der Waals surface area contributed by atoms with E-state index < -0.39 is 0 Å². The van der Waals surface area contributed by atoms with E-state index in [0.717, 1.165) is 30.7 Å². The Labute approximate surface area is 114 Å². The van der Waals surface area contributed by atoms with E-state index in [1.807, 2.05) is 31.2 Å². The highest BCUT2D eigenvalue weighted by Crippen LogP contribution is 2.13. The molecule has 1 aliphatic heterocycles. The molecule has 1 aromatic carbocycles. The van der Waals surface area contributed by atoms with E-state index in [0.29, 0.717) is 13.2 Å². The molecule has 4 nitrogen and oxygen atoms in total. The predicted octanol–water partition coefficient (Wildman–Crippen LogP) is 1.84. The van der Waals surface area contributed by atoms with Crippen LogP contribution in [0, 0.1) is 0 Å². The number of carbonyl (C=O) groups excluding carboxylic acids is 1.